The number of amides is 2. The molecule has 3 N–H and O–H groups in total. The van der Waals surface area contributed by atoms with Crippen molar-refractivity contribution < 1.29 is 19.1 Å². The van der Waals surface area contributed by atoms with Crippen LogP contribution in [0.15, 0.2) is 23.4 Å². The summed E-state index contributed by atoms with van der Waals surface area (Å²) in [6.45, 7) is 4.06. The number of ether oxygens (including phenoxy) is 1. The maximum absolute atomic E-state index is 12.6. The Morgan fingerprint density at radius 1 is 1.24 bits per heavy atom. The van der Waals surface area contributed by atoms with E-state index in [-0.39, 0.29) is 21.2 Å². The average Bonchev–Trinajstić information content (AvgIpc) is 3.34. The minimum absolute atomic E-state index is 0.0109. The molecule has 0 unspecified atom stereocenters. The zero-order chi connectivity index (χ0) is 24.3. The van der Waals surface area contributed by atoms with Crippen molar-refractivity contribution in [2.75, 3.05) is 18.2 Å². The predicted molar refractivity (Wildman–Crippen MR) is 129 cm³/mol. The van der Waals surface area contributed by atoms with Crippen LogP contribution >= 0.6 is 46.3 Å². The molecular weight excluding hydrogens is 509 g/mol. The fourth-order valence-electron chi connectivity index (χ4n) is 3.01. The van der Waals surface area contributed by atoms with Crippen LogP contribution in [0.4, 0.5) is 5.00 Å². The van der Waals surface area contributed by atoms with Gasteiger partial charge in [0, 0.05) is 12.1 Å². The highest BCUT2D eigenvalue weighted by Crippen LogP contribution is 2.34. The third-order valence-electron chi connectivity index (χ3n) is 4.56. The second kappa shape index (κ2) is 10.6. The van der Waals surface area contributed by atoms with E-state index in [1.807, 2.05) is 11.5 Å². The number of methoxy groups -OCH3 is 1. The first-order chi connectivity index (χ1) is 15.7. The lowest BCUT2D eigenvalue weighted by molar-refractivity contribution is -0.113. The van der Waals surface area contributed by atoms with Crippen LogP contribution in [-0.4, -0.2) is 45.4 Å². The first-order valence-electron chi connectivity index (χ1n) is 9.50. The number of thiophene rings is 1. The zero-order valence-corrected chi connectivity index (χ0v) is 20.9. The first kappa shape index (κ1) is 25.0. The fourth-order valence-corrected chi connectivity index (χ4v) is 5.17. The summed E-state index contributed by atoms with van der Waals surface area (Å²) >= 11 is 14.2. The lowest BCUT2D eigenvalue weighted by atomic mass is 10.1. The SMILES string of the molecule is CCn1c(SCC(=O)Nc2sc(C(N)=O)c(C)c2C(=O)OC)nnc1-c1ccc(Cl)c(Cl)c1. The number of nitrogens with two attached hydrogens (primary N) is 1. The summed E-state index contributed by atoms with van der Waals surface area (Å²) in [5.74, 6) is -1.18. The molecule has 0 radical (unpaired) electrons. The number of carbonyl (C=O) groups excluding carboxylic acids is 3. The van der Waals surface area contributed by atoms with Crippen LogP contribution < -0.4 is 11.1 Å². The van der Waals surface area contributed by atoms with Crippen molar-refractivity contribution in [2.45, 2.75) is 25.5 Å². The van der Waals surface area contributed by atoms with Crippen molar-refractivity contribution in [3.05, 3.63) is 44.2 Å². The molecule has 0 bridgehead atoms. The number of nitrogens with one attached hydrogen (secondary N) is 1. The van der Waals surface area contributed by atoms with Gasteiger partial charge in [-0.3, -0.25) is 9.59 Å². The van der Waals surface area contributed by atoms with E-state index in [0.29, 0.717) is 33.1 Å². The van der Waals surface area contributed by atoms with Gasteiger partial charge in [-0.15, -0.1) is 21.5 Å². The van der Waals surface area contributed by atoms with E-state index in [1.54, 1.807) is 25.1 Å². The number of thioether (sulfide) groups is 1. The summed E-state index contributed by atoms with van der Waals surface area (Å²) in [5, 5.41) is 12.6. The lowest BCUT2D eigenvalue weighted by Crippen LogP contribution is -2.16. The van der Waals surface area contributed by atoms with Gasteiger partial charge in [0.1, 0.15) is 5.00 Å². The zero-order valence-electron chi connectivity index (χ0n) is 17.8. The second-order valence-electron chi connectivity index (χ2n) is 6.63. The van der Waals surface area contributed by atoms with E-state index < -0.39 is 17.8 Å². The van der Waals surface area contributed by atoms with Gasteiger partial charge in [0.25, 0.3) is 5.91 Å². The summed E-state index contributed by atoms with van der Waals surface area (Å²) in [7, 11) is 1.22. The predicted octanol–water partition coefficient (Wildman–Crippen LogP) is 4.26. The molecule has 0 aliphatic rings. The number of nitrogens with zero attached hydrogens (tertiary/aromatic N) is 3. The van der Waals surface area contributed by atoms with E-state index in [9.17, 15) is 14.4 Å². The highest BCUT2D eigenvalue weighted by Gasteiger charge is 2.25. The van der Waals surface area contributed by atoms with E-state index in [1.165, 1.54) is 18.9 Å². The van der Waals surface area contributed by atoms with Crippen molar-refractivity contribution >= 4 is 69.1 Å². The van der Waals surface area contributed by atoms with E-state index in [4.69, 9.17) is 33.7 Å². The Balaban J connectivity index is 1.78. The largest absolute Gasteiger partial charge is 0.465 e. The molecule has 2 amide bonds. The standard InChI is InChI=1S/C20H19Cl2N5O4S2/c1-4-27-17(10-5-6-11(21)12(22)7-10)25-26-20(27)32-8-13(28)24-18-14(19(30)31-3)9(2)15(33-18)16(23)29/h5-7H,4,8H2,1-3H3,(H2,23,29)(H,24,28). The molecule has 0 fully saturated rings. The lowest BCUT2D eigenvalue weighted by Gasteiger charge is -2.08. The minimum Gasteiger partial charge on any atom is -0.465 e. The Morgan fingerprint density at radius 3 is 2.58 bits per heavy atom. The van der Waals surface area contributed by atoms with Gasteiger partial charge in [-0.25, -0.2) is 4.79 Å². The van der Waals surface area contributed by atoms with Gasteiger partial charge in [-0.2, -0.15) is 0 Å². The third-order valence-corrected chi connectivity index (χ3v) is 7.48. The number of carbonyl (C=O) groups is 3. The number of rotatable bonds is 8. The monoisotopic (exact) mass is 527 g/mol. The number of primary amides is 1. The Morgan fingerprint density at radius 2 is 1.97 bits per heavy atom. The maximum atomic E-state index is 12.6. The molecule has 2 aromatic heterocycles. The highest BCUT2D eigenvalue weighted by molar-refractivity contribution is 7.99. The molecule has 0 aliphatic carbocycles. The molecule has 0 atom stereocenters. The number of aromatic nitrogens is 3. The Labute approximate surface area is 207 Å². The van der Waals surface area contributed by atoms with Crippen LogP contribution in [0, 0.1) is 6.92 Å². The molecule has 174 valence electrons. The average molecular weight is 528 g/mol. The third kappa shape index (κ3) is 5.32. The summed E-state index contributed by atoms with van der Waals surface area (Å²) in [4.78, 5) is 36.6. The Kier molecular flexibility index (Phi) is 8.01. The molecule has 13 heteroatoms. The number of halogens is 2. The molecule has 0 aliphatic heterocycles. The number of hydrogen-bond donors (Lipinski definition) is 2. The number of benzene rings is 1. The van der Waals surface area contributed by atoms with Gasteiger partial charge in [0.05, 0.1) is 33.3 Å². The minimum atomic E-state index is -0.691. The van der Waals surface area contributed by atoms with Crippen LogP contribution in [-0.2, 0) is 16.1 Å². The molecule has 9 nitrogen and oxygen atoms in total. The second-order valence-corrected chi connectivity index (χ2v) is 9.41. The summed E-state index contributed by atoms with van der Waals surface area (Å²) in [5.41, 5.74) is 6.58. The van der Waals surface area contributed by atoms with Crippen molar-refractivity contribution in [3.63, 3.8) is 0 Å². The van der Waals surface area contributed by atoms with Crippen LogP contribution in [0.3, 0.4) is 0 Å². The van der Waals surface area contributed by atoms with E-state index in [2.05, 4.69) is 15.5 Å². The number of anilines is 1. The van der Waals surface area contributed by atoms with Crippen molar-refractivity contribution in [3.8, 4) is 11.4 Å². The van der Waals surface area contributed by atoms with Crippen LogP contribution in [0.2, 0.25) is 10.0 Å². The van der Waals surface area contributed by atoms with Gasteiger partial charge in [-0.05, 0) is 37.6 Å². The molecule has 3 rings (SSSR count). The normalized spacial score (nSPS) is 10.8. The maximum Gasteiger partial charge on any atom is 0.341 e. The van der Waals surface area contributed by atoms with Crippen molar-refractivity contribution in [1.82, 2.24) is 14.8 Å². The fraction of sp³-hybridized carbons (Fsp3) is 0.250. The van der Waals surface area contributed by atoms with Gasteiger partial charge in [0.15, 0.2) is 11.0 Å². The molecule has 33 heavy (non-hydrogen) atoms. The summed E-state index contributed by atoms with van der Waals surface area (Å²) in [6.07, 6.45) is 0. The van der Waals surface area contributed by atoms with E-state index >= 15 is 0 Å². The topological polar surface area (TPSA) is 129 Å². The molecular formula is C20H19Cl2N5O4S2. The molecule has 2 heterocycles. The van der Waals surface area contributed by atoms with Gasteiger partial charge in [-0.1, -0.05) is 35.0 Å². The molecule has 0 saturated heterocycles. The van der Waals surface area contributed by atoms with Crippen LogP contribution in [0.25, 0.3) is 11.4 Å². The van der Waals surface area contributed by atoms with Crippen LogP contribution in [0.1, 0.15) is 32.5 Å². The van der Waals surface area contributed by atoms with Gasteiger partial charge >= 0.3 is 5.97 Å². The van der Waals surface area contributed by atoms with Gasteiger partial charge in [0.2, 0.25) is 5.91 Å². The highest BCUT2D eigenvalue weighted by atomic mass is 35.5. The Bertz CT molecular complexity index is 1240. The summed E-state index contributed by atoms with van der Waals surface area (Å²) in [6, 6.07) is 5.16. The number of hydrogen-bond acceptors (Lipinski definition) is 8. The number of esters is 1. The first-order valence-corrected chi connectivity index (χ1v) is 12.1. The van der Waals surface area contributed by atoms with E-state index in [0.717, 1.165) is 16.9 Å². The molecule has 3 aromatic rings. The van der Waals surface area contributed by atoms with Gasteiger partial charge < -0.3 is 20.4 Å². The molecule has 0 spiro atoms. The van der Waals surface area contributed by atoms with Crippen molar-refractivity contribution in [1.29, 1.82) is 0 Å². The van der Waals surface area contributed by atoms with Crippen LogP contribution in [0.5, 0.6) is 0 Å². The summed E-state index contributed by atoms with van der Waals surface area (Å²) < 4.78 is 6.62. The molecule has 1 aromatic carbocycles. The Hall–Kier alpha value is -2.60. The molecule has 0 saturated carbocycles. The quantitative estimate of drug-likeness (QED) is 0.330. The smallest absolute Gasteiger partial charge is 0.341 e. The van der Waals surface area contributed by atoms with Crippen molar-refractivity contribution in [2.24, 2.45) is 5.73 Å².